The average Bonchev–Trinajstić information content (AvgIpc) is 2.26. The lowest BCUT2D eigenvalue weighted by atomic mass is 10.2. The molecule has 0 saturated heterocycles. The zero-order valence-corrected chi connectivity index (χ0v) is 8.77. The van der Waals surface area contributed by atoms with Crippen molar-refractivity contribution in [3.8, 4) is 11.8 Å². The van der Waals surface area contributed by atoms with Crippen LogP contribution >= 0.6 is 0 Å². The first-order chi connectivity index (χ1) is 7.74. The number of para-hydroxylation sites is 1. The Balaban J connectivity index is 2.88. The Morgan fingerprint density at radius 2 is 2.31 bits per heavy atom. The van der Waals surface area contributed by atoms with Gasteiger partial charge in [-0.2, -0.15) is 0 Å². The molecule has 0 unspecified atom stereocenters. The van der Waals surface area contributed by atoms with Crippen molar-refractivity contribution in [2.45, 2.75) is 6.92 Å². The summed E-state index contributed by atoms with van der Waals surface area (Å²) in [5.74, 6) is 5.37. The number of benzene rings is 1. The molecule has 0 aliphatic rings. The molecule has 80 valence electrons. The lowest BCUT2D eigenvalue weighted by Crippen LogP contribution is -2.06. The summed E-state index contributed by atoms with van der Waals surface area (Å²) >= 11 is 0. The molecule has 0 saturated carbocycles. The Bertz CT molecular complexity index is 492. The Kier molecular flexibility index (Phi) is 4.45. The van der Waals surface area contributed by atoms with E-state index in [1.165, 1.54) is 6.92 Å². The molecule has 1 amide bonds. The maximum absolute atomic E-state index is 10.9. The molecule has 0 bridgehead atoms. The highest BCUT2D eigenvalue weighted by atomic mass is 16.1. The molecule has 5 nitrogen and oxygen atoms in total. The van der Waals surface area contributed by atoms with Gasteiger partial charge in [-0.25, -0.2) is 0 Å². The van der Waals surface area contributed by atoms with Crippen molar-refractivity contribution < 1.29 is 4.79 Å². The molecule has 0 aliphatic heterocycles. The summed E-state index contributed by atoms with van der Waals surface area (Å²) in [4.78, 5) is 13.5. The maximum Gasteiger partial charge on any atom is 0.221 e. The SMILES string of the molecule is CC(=O)Nc1ccccc1C#CCN=[N+]=[N-]. The van der Waals surface area contributed by atoms with Gasteiger partial charge >= 0.3 is 0 Å². The van der Waals surface area contributed by atoms with Crippen LogP contribution in [0.15, 0.2) is 29.4 Å². The number of nitrogens with one attached hydrogen (secondary N) is 1. The van der Waals surface area contributed by atoms with E-state index >= 15 is 0 Å². The fourth-order valence-corrected chi connectivity index (χ4v) is 1.09. The van der Waals surface area contributed by atoms with Gasteiger partial charge in [-0.05, 0) is 17.7 Å². The van der Waals surface area contributed by atoms with Crippen molar-refractivity contribution in [3.05, 3.63) is 40.3 Å². The van der Waals surface area contributed by atoms with E-state index in [-0.39, 0.29) is 12.5 Å². The van der Waals surface area contributed by atoms with Crippen LogP contribution in [0, 0.1) is 11.8 Å². The van der Waals surface area contributed by atoms with E-state index in [2.05, 4.69) is 27.2 Å². The molecule has 0 radical (unpaired) electrons. The van der Waals surface area contributed by atoms with Crippen molar-refractivity contribution in [1.29, 1.82) is 0 Å². The van der Waals surface area contributed by atoms with Crippen LogP contribution in [0.4, 0.5) is 5.69 Å². The Morgan fingerprint density at radius 1 is 1.56 bits per heavy atom. The molecule has 1 rings (SSSR count). The van der Waals surface area contributed by atoms with Crippen molar-refractivity contribution in [2.24, 2.45) is 5.11 Å². The second-order valence-electron chi connectivity index (χ2n) is 2.92. The molecule has 0 heterocycles. The molecule has 0 atom stereocenters. The molecule has 0 aliphatic carbocycles. The van der Waals surface area contributed by atoms with Gasteiger partial charge in [-0.15, -0.1) is 0 Å². The van der Waals surface area contributed by atoms with Gasteiger partial charge in [0.15, 0.2) is 0 Å². The molecule has 1 aromatic rings. The van der Waals surface area contributed by atoms with Gasteiger partial charge in [0.05, 0.1) is 12.2 Å². The van der Waals surface area contributed by atoms with Crippen LogP contribution < -0.4 is 5.32 Å². The Labute approximate surface area is 93.1 Å². The van der Waals surface area contributed by atoms with E-state index in [1.54, 1.807) is 12.1 Å². The van der Waals surface area contributed by atoms with Gasteiger partial charge in [0.25, 0.3) is 0 Å². The van der Waals surface area contributed by atoms with Crippen molar-refractivity contribution in [3.63, 3.8) is 0 Å². The van der Waals surface area contributed by atoms with Crippen LogP contribution in [0.3, 0.4) is 0 Å². The van der Waals surface area contributed by atoms with Crippen LogP contribution in [-0.2, 0) is 4.79 Å². The molecular formula is C11H10N4O. The number of hydrogen-bond donors (Lipinski definition) is 1. The van der Waals surface area contributed by atoms with Gasteiger partial charge in [0, 0.05) is 17.4 Å². The molecule has 0 spiro atoms. The number of carbonyl (C=O) groups is 1. The standard InChI is InChI=1S/C11H10N4O/c1-9(16)14-11-7-3-2-5-10(11)6-4-8-13-15-12/h2-3,5,7H,8H2,1H3,(H,14,16). The second-order valence-corrected chi connectivity index (χ2v) is 2.92. The Morgan fingerprint density at radius 3 is 3.00 bits per heavy atom. The van der Waals surface area contributed by atoms with Crippen LogP contribution in [0.2, 0.25) is 0 Å². The van der Waals surface area contributed by atoms with Gasteiger partial charge in [0.2, 0.25) is 5.91 Å². The number of hydrogen-bond acceptors (Lipinski definition) is 2. The first kappa shape index (κ1) is 11.6. The summed E-state index contributed by atoms with van der Waals surface area (Å²) in [7, 11) is 0. The summed E-state index contributed by atoms with van der Waals surface area (Å²) < 4.78 is 0. The van der Waals surface area contributed by atoms with Crippen molar-refractivity contribution in [1.82, 2.24) is 0 Å². The quantitative estimate of drug-likeness (QED) is 0.348. The molecule has 5 heteroatoms. The third-order valence-electron chi connectivity index (χ3n) is 1.67. The summed E-state index contributed by atoms with van der Waals surface area (Å²) in [6, 6.07) is 7.18. The molecule has 1 N–H and O–H groups in total. The molecule has 16 heavy (non-hydrogen) atoms. The normalized spacial score (nSPS) is 8.31. The van der Waals surface area contributed by atoms with Gasteiger partial charge in [-0.1, -0.05) is 29.1 Å². The van der Waals surface area contributed by atoms with E-state index < -0.39 is 0 Å². The van der Waals surface area contributed by atoms with E-state index in [9.17, 15) is 4.79 Å². The lowest BCUT2D eigenvalue weighted by Gasteiger charge is -2.03. The highest BCUT2D eigenvalue weighted by molar-refractivity contribution is 5.90. The van der Waals surface area contributed by atoms with E-state index in [0.717, 1.165) is 0 Å². The number of amides is 1. The highest BCUT2D eigenvalue weighted by Crippen LogP contribution is 2.13. The summed E-state index contributed by atoms with van der Waals surface area (Å²) in [6.45, 7) is 1.55. The number of rotatable bonds is 2. The molecular weight excluding hydrogens is 204 g/mol. The van der Waals surface area contributed by atoms with Gasteiger partial charge < -0.3 is 5.32 Å². The molecule has 0 aromatic heterocycles. The highest BCUT2D eigenvalue weighted by Gasteiger charge is 1.99. The average molecular weight is 214 g/mol. The zero-order valence-electron chi connectivity index (χ0n) is 8.77. The van der Waals surface area contributed by atoms with Crippen LogP contribution in [0.1, 0.15) is 12.5 Å². The first-order valence-electron chi connectivity index (χ1n) is 4.60. The minimum absolute atomic E-state index is 0.116. The third kappa shape index (κ3) is 3.74. The van der Waals surface area contributed by atoms with E-state index in [4.69, 9.17) is 5.53 Å². The zero-order chi connectivity index (χ0) is 11.8. The molecule has 1 aromatic carbocycles. The van der Waals surface area contributed by atoms with Gasteiger partial charge in [-0.3, -0.25) is 4.79 Å². The lowest BCUT2D eigenvalue weighted by molar-refractivity contribution is -0.114. The summed E-state index contributed by atoms with van der Waals surface area (Å²) in [6.07, 6.45) is 0. The third-order valence-corrected chi connectivity index (χ3v) is 1.67. The predicted octanol–water partition coefficient (Wildman–Crippen LogP) is 2.31. The number of azide groups is 1. The number of nitrogens with zero attached hydrogens (tertiary/aromatic N) is 3. The number of carbonyl (C=O) groups excluding carboxylic acids is 1. The maximum atomic E-state index is 10.9. The van der Waals surface area contributed by atoms with Crippen molar-refractivity contribution in [2.75, 3.05) is 11.9 Å². The predicted molar refractivity (Wildman–Crippen MR) is 61.6 cm³/mol. The smallest absolute Gasteiger partial charge is 0.221 e. The van der Waals surface area contributed by atoms with Crippen LogP contribution in [0.5, 0.6) is 0 Å². The second kappa shape index (κ2) is 6.12. The van der Waals surface area contributed by atoms with Gasteiger partial charge in [0.1, 0.15) is 0 Å². The molecule has 0 fully saturated rings. The van der Waals surface area contributed by atoms with E-state index in [1.807, 2.05) is 12.1 Å². The fraction of sp³-hybridized carbons (Fsp3) is 0.182. The number of anilines is 1. The minimum atomic E-state index is -0.149. The van der Waals surface area contributed by atoms with Crippen molar-refractivity contribution >= 4 is 11.6 Å². The van der Waals surface area contributed by atoms with E-state index in [0.29, 0.717) is 11.3 Å². The minimum Gasteiger partial charge on any atom is -0.325 e. The Hall–Kier alpha value is -2.44. The summed E-state index contributed by atoms with van der Waals surface area (Å²) in [5.41, 5.74) is 9.43. The fourth-order valence-electron chi connectivity index (χ4n) is 1.09. The first-order valence-corrected chi connectivity index (χ1v) is 4.60. The van der Waals surface area contributed by atoms with Crippen LogP contribution in [-0.4, -0.2) is 12.5 Å². The topological polar surface area (TPSA) is 77.9 Å². The summed E-state index contributed by atoms with van der Waals surface area (Å²) in [5, 5.41) is 5.97. The van der Waals surface area contributed by atoms with Crippen LogP contribution in [0.25, 0.3) is 10.4 Å². The monoisotopic (exact) mass is 214 g/mol. The largest absolute Gasteiger partial charge is 0.325 e.